The van der Waals surface area contributed by atoms with Crippen LogP contribution in [0.2, 0.25) is 0 Å². The van der Waals surface area contributed by atoms with Crippen LogP contribution < -0.4 is 4.90 Å². The topological polar surface area (TPSA) is 27.0 Å². The van der Waals surface area contributed by atoms with Crippen LogP contribution in [0.25, 0.3) is 0 Å². The molecule has 0 aromatic heterocycles. The highest BCUT2D eigenvalue weighted by Crippen LogP contribution is 2.41. The summed E-state index contributed by atoms with van der Waals surface area (Å²) in [5, 5.41) is 8.64. The molecule has 19 heavy (non-hydrogen) atoms. The van der Waals surface area contributed by atoms with Gasteiger partial charge < -0.3 is 4.90 Å². The predicted molar refractivity (Wildman–Crippen MR) is 69.7 cm³/mol. The Labute approximate surface area is 117 Å². The summed E-state index contributed by atoms with van der Waals surface area (Å²) in [6.45, 7) is 0.334. The average molecular weight is 333 g/mol. The first-order valence-corrected chi connectivity index (χ1v) is 6.73. The summed E-state index contributed by atoms with van der Waals surface area (Å²) in [6.07, 6.45) is -2.39. The molecule has 0 radical (unpaired) electrons. The third-order valence-electron chi connectivity index (χ3n) is 3.03. The minimum Gasteiger partial charge on any atom is -0.367 e. The number of hydrogen-bond acceptors (Lipinski definition) is 2. The van der Waals surface area contributed by atoms with E-state index in [1.165, 1.54) is 12.1 Å². The highest BCUT2D eigenvalue weighted by atomic mass is 79.9. The van der Waals surface area contributed by atoms with Gasteiger partial charge in [0.15, 0.2) is 0 Å². The number of anilines is 1. The molecule has 1 aromatic carbocycles. The van der Waals surface area contributed by atoms with Crippen LogP contribution in [0.4, 0.5) is 18.9 Å². The highest BCUT2D eigenvalue weighted by Gasteiger charge is 2.38. The van der Waals surface area contributed by atoms with Gasteiger partial charge in [-0.05, 0) is 31.0 Å². The number of nitrogens with zero attached hydrogens (tertiary/aromatic N) is 2. The van der Waals surface area contributed by atoms with Gasteiger partial charge >= 0.3 is 6.18 Å². The molecule has 0 bridgehead atoms. The number of rotatable bonds is 4. The molecule has 0 unspecified atom stereocenters. The molecule has 6 heteroatoms. The Kier molecular flexibility index (Phi) is 4.04. The van der Waals surface area contributed by atoms with E-state index in [1.54, 1.807) is 4.90 Å². The lowest BCUT2D eigenvalue weighted by molar-refractivity contribution is -0.137. The number of nitriles is 1. The van der Waals surface area contributed by atoms with Crippen LogP contribution in [0.1, 0.15) is 24.8 Å². The van der Waals surface area contributed by atoms with E-state index in [9.17, 15) is 13.2 Å². The number of alkyl halides is 3. The zero-order chi connectivity index (χ0) is 14.0. The van der Waals surface area contributed by atoms with E-state index in [1.807, 2.05) is 6.07 Å². The predicted octanol–water partition coefficient (Wildman–Crippen LogP) is 4.35. The number of benzene rings is 1. The van der Waals surface area contributed by atoms with Gasteiger partial charge in [0.25, 0.3) is 0 Å². The van der Waals surface area contributed by atoms with Crippen LogP contribution in [0, 0.1) is 11.3 Å². The highest BCUT2D eigenvalue weighted by molar-refractivity contribution is 9.10. The lowest BCUT2D eigenvalue weighted by atomic mass is 10.1. The number of halogens is 4. The summed E-state index contributed by atoms with van der Waals surface area (Å²) in [6, 6.07) is 6.08. The molecule has 102 valence electrons. The largest absolute Gasteiger partial charge is 0.418 e. The van der Waals surface area contributed by atoms with E-state index in [4.69, 9.17) is 5.26 Å². The van der Waals surface area contributed by atoms with Crippen molar-refractivity contribution in [3.05, 3.63) is 28.2 Å². The van der Waals surface area contributed by atoms with E-state index in [-0.39, 0.29) is 18.2 Å². The Morgan fingerprint density at radius 2 is 2.05 bits per heavy atom. The van der Waals surface area contributed by atoms with Gasteiger partial charge in [-0.2, -0.15) is 18.4 Å². The molecule has 1 aliphatic rings. The molecule has 1 saturated carbocycles. The minimum atomic E-state index is -4.38. The SMILES string of the molecule is N#CCCN(c1cc(Br)ccc1C(F)(F)F)C1CC1. The van der Waals surface area contributed by atoms with Crippen molar-refractivity contribution in [1.82, 2.24) is 0 Å². The molecule has 0 spiro atoms. The lowest BCUT2D eigenvalue weighted by Gasteiger charge is -2.27. The maximum atomic E-state index is 13.0. The van der Waals surface area contributed by atoms with Crippen molar-refractivity contribution in [3.8, 4) is 6.07 Å². The fourth-order valence-corrected chi connectivity index (χ4v) is 2.39. The van der Waals surface area contributed by atoms with Gasteiger partial charge in [0, 0.05) is 17.1 Å². The Balaban J connectivity index is 2.40. The normalized spacial score (nSPS) is 15.1. The molecule has 1 aromatic rings. The van der Waals surface area contributed by atoms with Crippen molar-refractivity contribution < 1.29 is 13.2 Å². The minimum absolute atomic E-state index is 0.128. The van der Waals surface area contributed by atoms with Gasteiger partial charge in [0.2, 0.25) is 0 Å². The van der Waals surface area contributed by atoms with E-state index in [0.29, 0.717) is 11.0 Å². The van der Waals surface area contributed by atoms with Gasteiger partial charge in [0.1, 0.15) is 0 Å². The third-order valence-corrected chi connectivity index (χ3v) is 3.52. The monoisotopic (exact) mass is 332 g/mol. The maximum Gasteiger partial charge on any atom is 0.418 e. The van der Waals surface area contributed by atoms with Crippen molar-refractivity contribution in [2.24, 2.45) is 0 Å². The Hall–Kier alpha value is -1.22. The van der Waals surface area contributed by atoms with Crippen LogP contribution in [0.5, 0.6) is 0 Å². The molecule has 0 heterocycles. The van der Waals surface area contributed by atoms with Crippen LogP contribution in [0.3, 0.4) is 0 Å². The fourth-order valence-electron chi connectivity index (χ4n) is 2.04. The fraction of sp³-hybridized carbons (Fsp3) is 0.462. The van der Waals surface area contributed by atoms with Crippen LogP contribution in [0.15, 0.2) is 22.7 Å². The van der Waals surface area contributed by atoms with Gasteiger partial charge in [-0.3, -0.25) is 0 Å². The maximum absolute atomic E-state index is 13.0. The van der Waals surface area contributed by atoms with Gasteiger partial charge in [0.05, 0.1) is 23.7 Å². The quantitative estimate of drug-likeness (QED) is 0.819. The molecule has 2 nitrogen and oxygen atoms in total. The summed E-state index contributed by atoms with van der Waals surface area (Å²) in [4.78, 5) is 1.71. The zero-order valence-electron chi connectivity index (χ0n) is 10.0. The van der Waals surface area contributed by atoms with E-state index in [0.717, 1.165) is 18.9 Å². The first-order chi connectivity index (χ1) is 8.93. The second kappa shape index (κ2) is 5.41. The number of hydrogen-bond donors (Lipinski definition) is 0. The van der Waals surface area contributed by atoms with Crippen molar-refractivity contribution in [3.63, 3.8) is 0 Å². The first-order valence-electron chi connectivity index (χ1n) is 5.94. The second-order valence-corrected chi connectivity index (χ2v) is 5.41. The Morgan fingerprint density at radius 3 is 2.58 bits per heavy atom. The molecule has 0 atom stereocenters. The summed E-state index contributed by atoms with van der Waals surface area (Å²) in [7, 11) is 0. The molecular formula is C13H12BrF3N2. The first kappa shape index (κ1) is 14.2. The van der Waals surface area contributed by atoms with E-state index < -0.39 is 11.7 Å². The van der Waals surface area contributed by atoms with E-state index in [2.05, 4.69) is 15.9 Å². The molecule has 0 saturated heterocycles. The van der Waals surface area contributed by atoms with Crippen molar-refractivity contribution in [2.45, 2.75) is 31.5 Å². The molecular weight excluding hydrogens is 321 g/mol. The van der Waals surface area contributed by atoms with Crippen LogP contribution >= 0.6 is 15.9 Å². The molecule has 2 rings (SSSR count). The van der Waals surface area contributed by atoms with Crippen molar-refractivity contribution >= 4 is 21.6 Å². The summed E-state index contributed by atoms with van der Waals surface area (Å²) >= 11 is 3.21. The lowest BCUT2D eigenvalue weighted by Crippen LogP contribution is -2.29. The van der Waals surface area contributed by atoms with Crippen molar-refractivity contribution in [1.29, 1.82) is 5.26 Å². The zero-order valence-corrected chi connectivity index (χ0v) is 11.6. The standard InChI is InChI=1S/C13H12BrF3N2/c14-9-2-5-11(13(15,16)17)12(8-9)19(7-1-6-18)10-3-4-10/h2,5,8,10H,1,3-4,7H2. The Morgan fingerprint density at radius 1 is 1.37 bits per heavy atom. The summed E-state index contributed by atoms with van der Waals surface area (Å²) in [5.74, 6) is 0. The van der Waals surface area contributed by atoms with Gasteiger partial charge in [-0.1, -0.05) is 15.9 Å². The molecule has 0 aliphatic heterocycles. The summed E-state index contributed by atoms with van der Waals surface area (Å²) < 4.78 is 39.7. The summed E-state index contributed by atoms with van der Waals surface area (Å²) in [5.41, 5.74) is -0.472. The van der Waals surface area contributed by atoms with E-state index >= 15 is 0 Å². The third kappa shape index (κ3) is 3.41. The molecule has 1 aliphatic carbocycles. The molecule has 0 N–H and O–H groups in total. The van der Waals surface area contributed by atoms with Crippen LogP contribution in [-0.2, 0) is 6.18 Å². The molecule has 0 amide bonds. The van der Waals surface area contributed by atoms with Crippen molar-refractivity contribution in [2.75, 3.05) is 11.4 Å². The van der Waals surface area contributed by atoms with Gasteiger partial charge in [-0.15, -0.1) is 0 Å². The second-order valence-electron chi connectivity index (χ2n) is 4.49. The Bertz CT molecular complexity index is 504. The average Bonchev–Trinajstić information content (AvgIpc) is 3.12. The van der Waals surface area contributed by atoms with Crippen LogP contribution in [-0.4, -0.2) is 12.6 Å². The smallest absolute Gasteiger partial charge is 0.367 e. The molecule has 1 fully saturated rings. The van der Waals surface area contributed by atoms with Gasteiger partial charge in [-0.25, -0.2) is 0 Å².